The van der Waals surface area contributed by atoms with E-state index in [0.29, 0.717) is 11.1 Å². The fourth-order valence-electron chi connectivity index (χ4n) is 3.12. The molecule has 0 spiro atoms. The first-order chi connectivity index (χ1) is 13.4. The first-order valence-corrected chi connectivity index (χ1v) is 8.75. The van der Waals surface area contributed by atoms with Gasteiger partial charge in [-0.2, -0.15) is 8.78 Å². The molecule has 144 valence electrons. The zero-order valence-electron chi connectivity index (χ0n) is 15.1. The van der Waals surface area contributed by atoms with Crippen molar-refractivity contribution in [3.63, 3.8) is 0 Å². The topological polar surface area (TPSA) is 0 Å². The Morgan fingerprint density at radius 2 is 1.61 bits per heavy atom. The Hall–Kier alpha value is -2.95. The quantitative estimate of drug-likeness (QED) is 0.311. The van der Waals surface area contributed by atoms with E-state index in [1.807, 2.05) is 37.3 Å². The molecule has 28 heavy (non-hydrogen) atoms. The van der Waals surface area contributed by atoms with Crippen LogP contribution in [0.3, 0.4) is 0 Å². The van der Waals surface area contributed by atoms with Gasteiger partial charge in [-0.15, -0.1) is 0 Å². The average molecular weight is 388 g/mol. The molecule has 0 heterocycles. The van der Waals surface area contributed by atoms with Gasteiger partial charge in [0.15, 0.2) is 0 Å². The Morgan fingerprint density at radius 1 is 0.893 bits per heavy atom. The van der Waals surface area contributed by atoms with Gasteiger partial charge >= 0.3 is 0 Å². The van der Waals surface area contributed by atoms with Gasteiger partial charge in [0.1, 0.15) is 17.5 Å². The van der Waals surface area contributed by atoms with E-state index in [9.17, 15) is 22.0 Å². The molecule has 0 unspecified atom stereocenters. The third kappa shape index (κ3) is 4.14. The van der Waals surface area contributed by atoms with Crippen molar-refractivity contribution < 1.29 is 22.0 Å². The fraction of sp³-hybridized carbons (Fsp3) is 0.130. The lowest BCUT2D eigenvalue weighted by atomic mass is 9.97. The molecule has 3 aromatic rings. The summed E-state index contributed by atoms with van der Waals surface area (Å²) in [5, 5.41) is -0.542. The summed E-state index contributed by atoms with van der Waals surface area (Å²) in [5.41, 5.74) is 1.30. The number of hydrogen-bond acceptors (Lipinski definition) is 0. The van der Waals surface area contributed by atoms with Crippen molar-refractivity contribution in [2.24, 2.45) is 0 Å². The molecule has 0 radical (unpaired) electrons. The van der Waals surface area contributed by atoms with Crippen LogP contribution in [0.5, 0.6) is 0 Å². The molecule has 0 saturated heterocycles. The standard InChI is InChI=1S/C23H17F5/c1-2-3-4-5-14-6-8-15(9-7-14)16-10-17-12-19(24)18(13-21(26)27)23(28)22(17)20(25)11-16/h2-3,6-13H,4-5H2,1H3/b3-2+. The predicted octanol–water partition coefficient (Wildman–Crippen LogP) is 7.67. The lowest BCUT2D eigenvalue weighted by Crippen LogP contribution is -1.95. The van der Waals surface area contributed by atoms with Crippen LogP contribution < -0.4 is 0 Å². The van der Waals surface area contributed by atoms with Gasteiger partial charge < -0.3 is 0 Å². The first-order valence-electron chi connectivity index (χ1n) is 8.75. The fourth-order valence-corrected chi connectivity index (χ4v) is 3.12. The van der Waals surface area contributed by atoms with Gasteiger partial charge in [0.05, 0.1) is 10.9 Å². The average Bonchev–Trinajstić information content (AvgIpc) is 2.65. The summed E-state index contributed by atoms with van der Waals surface area (Å²) in [7, 11) is 0. The van der Waals surface area contributed by atoms with E-state index in [4.69, 9.17) is 0 Å². The van der Waals surface area contributed by atoms with Gasteiger partial charge in [0, 0.05) is 6.08 Å². The van der Waals surface area contributed by atoms with Crippen molar-refractivity contribution in [3.05, 3.63) is 89.3 Å². The molecule has 3 rings (SSSR count). The number of aryl methyl sites for hydroxylation is 1. The molecule has 0 nitrogen and oxygen atoms in total. The summed E-state index contributed by atoms with van der Waals surface area (Å²) in [6.45, 7) is 1.95. The Morgan fingerprint density at radius 3 is 2.25 bits per heavy atom. The van der Waals surface area contributed by atoms with Crippen LogP contribution in [0.15, 0.2) is 60.7 Å². The van der Waals surface area contributed by atoms with E-state index in [2.05, 4.69) is 6.08 Å². The molecule has 0 aliphatic rings. The summed E-state index contributed by atoms with van der Waals surface area (Å²) >= 11 is 0. The van der Waals surface area contributed by atoms with E-state index in [1.54, 1.807) is 0 Å². The summed E-state index contributed by atoms with van der Waals surface area (Å²) in [4.78, 5) is 0. The monoisotopic (exact) mass is 388 g/mol. The third-order valence-electron chi connectivity index (χ3n) is 4.49. The predicted molar refractivity (Wildman–Crippen MR) is 103 cm³/mol. The van der Waals surface area contributed by atoms with Crippen molar-refractivity contribution in [1.29, 1.82) is 0 Å². The van der Waals surface area contributed by atoms with E-state index in [1.165, 1.54) is 6.07 Å². The Kier molecular flexibility index (Phi) is 5.93. The molecule has 0 atom stereocenters. The highest BCUT2D eigenvalue weighted by molar-refractivity contribution is 5.90. The van der Waals surface area contributed by atoms with Gasteiger partial charge in [-0.05, 0) is 60.0 Å². The number of rotatable bonds is 5. The van der Waals surface area contributed by atoms with Crippen LogP contribution in [0.2, 0.25) is 0 Å². The number of hydrogen-bond donors (Lipinski definition) is 0. The van der Waals surface area contributed by atoms with Crippen LogP contribution in [0.25, 0.3) is 28.0 Å². The minimum absolute atomic E-state index is 0.0291. The maximum atomic E-state index is 14.5. The molecule has 0 bridgehead atoms. The first kappa shape index (κ1) is 19.8. The zero-order valence-corrected chi connectivity index (χ0v) is 15.1. The van der Waals surface area contributed by atoms with Gasteiger partial charge in [-0.3, -0.25) is 0 Å². The van der Waals surface area contributed by atoms with Crippen LogP contribution in [0.1, 0.15) is 24.5 Å². The van der Waals surface area contributed by atoms with Crippen LogP contribution in [0.4, 0.5) is 22.0 Å². The van der Waals surface area contributed by atoms with Crippen LogP contribution in [-0.4, -0.2) is 0 Å². The zero-order chi connectivity index (χ0) is 20.3. The second-order valence-corrected chi connectivity index (χ2v) is 6.38. The van der Waals surface area contributed by atoms with E-state index in [-0.39, 0.29) is 11.5 Å². The van der Waals surface area contributed by atoms with Gasteiger partial charge in [-0.1, -0.05) is 36.4 Å². The molecule has 0 aromatic heterocycles. The van der Waals surface area contributed by atoms with Crippen molar-refractivity contribution >= 4 is 16.8 Å². The summed E-state index contributed by atoms with van der Waals surface area (Å²) in [6, 6.07) is 10.9. The van der Waals surface area contributed by atoms with Gasteiger partial charge in [0.25, 0.3) is 6.08 Å². The highest BCUT2D eigenvalue weighted by Crippen LogP contribution is 2.32. The van der Waals surface area contributed by atoms with Crippen molar-refractivity contribution in [2.45, 2.75) is 19.8 Å². The second-order valence-electron chi connectivity index (χ2n) is 6.38. The SMILES string of the molecule is C/C=C/CCc1ccc(-c2cc(F)c3c(F)c(C=C(F)F)c(F)cc3c2)cc1. The molecule has 0 fully saturated rings. The number of allylic oxidation sites excluding steroid dienone is 2. The van der Waals surface area contributed by atoms with Crippen molar-refractivity contribution in [3.8, 4) is 11.1 Å². The maximum absolute atomic E-state index is 14.5. The molecule has 0 saturated carbocycles. The number of halogens is 5. The van der Waals surface area contributed by atoms with Crippen LogP contribution in [0, 0.1) is 17.5 Å². The smallest absolute Gasteiger partial charge is 0.206 e. The maximum Gasteiger partial charge on any atom is 0.271 e. The van der Waals surface area contributed by atoms with E-state index in [0.717, 1.165) is 30.5 Å². The van der Waals surface area contributed by atoms with Crippen molar-refractivity contribution in [2.75, 3.05) is 0 Å². The number of benzene rings is 3. The second kappa shape index (κ2) is 8.38. The van der Waals surface area contributed by atoms with Crippen LogP contribution >= 0.6 is 0 Å². The van der Waals surface area contributed by atoms with Crippen LogP contribution in [-0.2, 0) is 6.42 Å². The minimum Gasteiger partial charge on any atom is -0.206 e. The minimum atomic E-state index is -2.26. The van der Waals surface area contributed by atoms with E-state index < -0.39 is 34.5 Å². The molecular weight excluding hydrogens is 371 g/mol. The lowest BCUT2D eigenvalue weighted by molar-refractivity contribution is 0.428. The summed E-state index contributed by atoms with van der Waals surface area (Å²) in [5.74, 6) is -3.45. The van der Waals surface area contributed by atoms with Gasteiger partial charge in [0.2, 0.25) is 0 Å². The molecule has 0 N–H and O–H groups in total. The Labute approximate surface area is 159 Å². The molecule has 0 amide bonds. The molecule has 3 aromatic carbocycles. The molecule has 0 aliphatic carbocycles. The normalized spacial score (nSPS) is 11.4. The highest BCUT2D eigenvalue weighted by Gasteiger charge is 2.17. The van der Waals surface area contributed by atoms with Gasteiger partial charge in [-0.25, -0.2) is 13.2 Å². The third-order valence-corrected chi connectivity index (χ3v) is 4.49. The lowest BCUT2D eigenvalue weighted by Gasteiger charge is -2.10. The Balaban J connectivity index is 2.03. The molecule has 0 aliphatic heterocycles. The highest BCUT2D eigenvalue weighted by atomic mass is 19.3. The number of fused-ring (bicyclic) bond motifs is 1. The molecular formula is C23H17F5. The molecule has 5 heteroatoms. The largest absolute Gasteiger partial charge is 0.271 e. The van der Waals surface area contributed by atoms with E-state index >= 15 is 0 Å². The summed E-state index contributed by atoms with van der Waals surface area (Å²) < 4.78 is 67.9. The Bertz CT molecular complexity index is 1060. The van der Waals surface area contributed by atoms with Crippen molar-refractivity contribution in [1.82, 2.24) is 0 Å². The summed E-state index contributed by atoms with van der Waals surface area (Å²) in [6.07, 6.45) is 3.62.